The van der Waals surface area contributed by atoms with E-state index in [0.717, 1.165) is 80.5 Å². The number of rotatable bonds is 6. The molecule has 6 rings (SSSR count). The minimum Gasteiger partial charge on any atom is -0.378 e. The summed E-state index contributed by atoms with van der Waals surface area (Å²) < 4.78 is 10.8. The van der Waals surface area contributed by atoms with Gasteiger partial charge in [0.1, 0.15) is 11.6 Å². The molecule has 0 radical (unpaired) electrons. The van der Waals surface area contributed by atoms with Crippen molar-refractivity contribution in [3.8, 4) is 0 Å². The van der Waals surface area contributed by atoms with Gasteiger partial charge in [0.05, 0.1) is 36.2 Å². The highest BCUT2D eigenvalue weighted by atomic mass is 35.5. The van der Waals surface area contributed by atoms with E-state index in [1.54, 1.807) is 12.1 Å². The Kier molecular flexibility index (Phi) is 9.79. The SMILES string of the molecule is CC.CSNc1ccc(Cl)cc1C(=O)N1CCCCCC1c1cc2nc(N3CC(N)C3)cc(N3CCOCC3)n2n1. The number of benzene rings is 1. The predicted octanol–water partition coefficient (Wildman–Crippen LogP) is 4.84. The topological polar surface area (TPSA) is 104 Å². The molecule has 5 heterocycles. The molecule has 0 bridgehead atoms. The maximum atomic E-state index is 14.1. The lowest BCUT2D eigenvalue weighted by Gasteiger charge is -2.38. The Balaban J connectivity index is 0.00000165. The van der Waals surface area contributed by atoms with Crippen LogP contribution in [-0.2, 0) is 4.74 Å². The molecule has 3 aromatic rings. The Bertz CT molecular complexity index is 1340. The molecule has 2 aromatic heterocycles. The number of nitrogens with one attached hydrogen (secondary N) is 1. The summed E-state index contributed by atoms with van der Waals surface area (Å²) >= 11 is 7.80. The third kappa shape index (κ3) is 6.38. The minimum atomic E-state index is -0.152. The van der Waals surface area contributed by atoms with Gasteiger partial charge in [-0.1, -0.05) is 50.2 Å². The van der Waals surface area contributed by atoms with Crippen LogP contribution in [0.2, 0.25) is 5.02 Å². The standard InChI is InChI=1S/C27H35ClN8O2S.C2H6/c1-39-32-21-7-6-18(28)13-20(21)27(37)35-8-4-2-3-5-23(35)22-14-25-30-24(34-16-19(29)17-34)15-26(36(25)31-22)33-9-11-38-12-10-33;1-2/h6-7,13-15,19,23,32H,2-5,8-12,16-17,29H2,1H3;1-2H3. The summed E-state index contributed by atoms with van der Waals surface area (Å²) in [4.78, 5) is 25.5. The number of carbonyl (C=O) groups is 1. The van der Waals surface area contributed by atoms with Crippen LogP contribution in [0.25, 0.3) is 5.65 Å². The summed E-state index contributed by atoms with van der Waals surface area (Å²) in [5, 5.41) is 5.65. The summed E-state index contributed by atoms with van der Waals surface area (Å²) in [6.45, 7) is 9.21. The second kappa shape index (κ2) is 13.5. The number of hydrogen-bond acceptors (Lipinski definition) is 9. The highest BCUT2D eigenvalue weighted by Crippen LogP contribution is 2.35. The number of fused-ring (bicyclic) bond motifs is 1. The molecular formula is C29H41ClN8O2S. The van der Waals surface area contributed by atoms with Crippen LogP contribution in [0.5, 0.6) is 0 Å². The first kappa shape index (κ1) is 29.8. The van der Waals surface area contributed by atoms with Gasteiger partial charge >= 0.3 is 0 Å². The summed E-state index contributed by atoms with van der Waals surface area (Å²) in [5.74, 6) is 1.88. The molecule has 1 amide bonds. The van der Waals surface area contributed by atoms with Crippen LogP contribution in [0.3, 0.4) is 0 Å². The third-order valence-electron chi connectivity index (χ3n) is 7.76. The van der Waals surface area contributed by atoms with Gasteiger partial charge in [0, 0.05) is 62.2 Å². The number of amides is 1. The van der Waals surface area contributed by atoms with E-state index >= 15 is 0 Å². The second-order valence-corrected chi connectivity index (χ2v) is 11.5. The normalized spacial score (nSPS) is 19.8. The van der Waals surface area contributed by atoms with Crippen molar-refractivity contribution in [2.75, 3.05) is 66.7 Å². The Morgan fingerprint density at radius 2 is 1.85 bits per heavy atom. The maximum absolute atomic E-state index is 14.1. The molecule has 3 aliphatic heterocycles. The summed E-state index contributed by atoms with van der Waals surface area (Å²) in [6.07, 6.45) is 5.86. The van der Waals surface area contributed by atoms with Gasteiger partial charge in [-0.3, -0.25) is 4.79 Å². The van der Waals surface area contributed by atoms with Crippen molar-refractivity contribution in [2.24, 2.45) is 5.73 Å². The van der Waals surface area contributed by atoms with E-state index in [1.807, 2.05) is 35.6 Å². The van der Waals surface area contributed by atoms with Gasteiger partial charge in [0.2, 0.25) is 0 Å². The zero-order valence-electron chi connectivity index (χ0n) is 24.2. The van der Waals surface area contributed by atoms with E-state index in [9.17, 15) is 4.79 Å². The molecule has 3 N–H and O–H groups in total. The number of likely N-dealkylation sites (tertiary alicyclic amines) is 1. The van der Waals surface area contributed by atoms with E-state index in [2.05, 4.69) is 26.7 Å². The first-order valence-electron chi connectivity index (χ1n) is 14.7. The average Bonchev–Trinajstić information content (AvgIpc) is 3.26. The van der Waals surface area contributed by atoms with E-state index in [4.69, 9.17) is 32.2 Å². The fourth-order valence-electron chi connectivity index (χ4n) is 5.71. The fraction of sp³-hybridized carbons (Fsp3) is 0.552. The summed E-state index contributed by atoms with van der Waals surface area (Å²) in [6, 6.07) is 9.63. The van der Waals surface area contributed by atoms with Gasteiger partial charge in [-0.15, -0.1) is 0 Å². The number of hydrogen-bond donors (Lipinski definition) is 2. The van der Waals surface area contributed by atoms with Crippen molar-refractivity contribution < 1.29 is 9.53 Å². The highest BCUT2D eigenvalue weighted by molar-refractivity contribution is 7.99. The second-order valence-electron chi connectivity index (χ2n) is 10.4. The van der Waals surface area contributed by atoms with Crippen LogP contribution in [-0.4, -0.2) is 83.6 Å². The first-order chi connectivity index (χ1) is 20.0. The summed E-state index contributed by atoms with van der Waals surface area (Å²) in [5.41, 5.74) is 9.08. The number of nitrogens with two attached hydrogens (primary N) is 1. The van der Waals surface area contributed by atoms with Gasteiger partial charge in [-0.25, -0.2) is 4.98 Å². The molecule has 0 aliphatic carbocycles. The molecule has 3 fully saturated rings. The minimum absolute atomic E-state index is 0.0328. The molecule has 0 saturated carbocycles. The van der Waals surface area contributed by atoms with Crippen LogP contribution >= 0.6 is 23.5 Å². The number of nitrogens with zero attached hydrogens (tertiary/aromatic N) is 6. The fourth-order valence-corrected chi connectivity index (χ4v) is 6.28. The maximum Gasteiger partial charge on any atom is 0.256 e. The molecule has 10 nitrogen and oxygen atoms in total. The number of aromatic nitrogens is 3. The van der Waals surface area contributed by atoms with E-state index in [-0.39, 0.29) is 18.0 Å². The van der Waals surface area contributed by atoms with E-state index in [1.165, 1.54) is 11.9 Å². The van der Waals surface area contributed by atoms with Gasteiger partial charge < -0.3 is 29.9 Å². The molecule has 3 saturated heterocycles. The monoisotopic (exact) mass is 600 g/mol. The zero-order valence-corrected chi connectivity index (χ0v) is 25.8. The lowest BCUT2D eigenvalue weighted by molar-refractivity contribution is 0.0678. The summed E-state index contributed by atoms with van der Waals surface area (Å²) in [7, 11) is 0. The lowest BCUT2D eigenvalue weighted by atomic mass is 10.0. The van der Waals surface area contributed by atoms with Crippen molar-refractivity contribution in [2.45, 2.75) is 51.6 Å². The molecule has 1 aromatic carbocycles. The molecule has 41 heavy (non-hydrogen) atoms. The number of ether oxygens (including phenoxy) is 1. The molecule has 222 valence electrons. The molecule has 12 heteroatoms. The van der Waals surface area contributed by atoms with Gasteiger partial charge in [-0.2, -0.15) is 9.61 Å². The Morgan fingerprint density at radius 1 is 1.07 bits per heavy atom. The smallest absolute Gasteiger partial charge is 0.256 e. The number of morpholine rings is 1. The highest BCUT2D eigenvalue weighted by Gasteiger charge is 2.32. The van der Waals surface area contributed by atoms with Crippen LogP contribution < -0.4 is 20.3 Å². The van der Waals surface area contributed by atoms with E-state index in [0.29, 0.717) is 30.3 Å². The van der Waals surface area contributed by atoms with Crippen LogP contribution in [0.15, 0.2) is 30.3 Å². The Hall–Kier alpha value is -2.73. The van der Waals surface area contributed by atoms with E-state index < -0.39 is 0 Å². The van der Waals surface area contributed by atoms with Crippen LogP contribution in [0, 0.1) is 0 Å². The van der Waals surface area contributed by atoms with Crippen molar-refractivity contribution in [3.05, 3.63) is 46.6 Å². The van der Waals surface area contributed by atoms with Crippen molar-refractivity contribution in [3.63, 3.8) is 0 Å². The van der Waals surface area contributed by atoms with Crippen molar-refractivity contribution >= 4 is 52.4 Å². The van der Waals surface area contributed by atoms with Gasteiger partial charge in [0.15, 0.2) is 5.65 Å². The first-order valence-corrected chi connectivity index (χ1v) is 16.3. The molecular weight excluding hydrogens is 560 g/mol. The molecule has 1 unspecified atom stereocenters. The quantitative estimate of drug-likeness (QED) is 0.385. The number of carbonyl (C=O) groups excluding carboxylic acids is 1. The molecule has 0 spiro atoms. The Morgan fingerprint density at radius 3 is 2.59 bits per heavy atom. The Labute approximate surface area is 251 Å². The van der Waals surface area contributed by atoms with Crippen LogP contribution in [0.1, 0.15) is 61.6 Å². The number of halogens is 1. The zero-order chi connectivity index (χ0) is 28.9. The predicted molar refractivity (Wildman–Crippen MR) is 168 cm³/mol. The third-order valence-corrected chi connectivity index (χ3v) is 8.42. The van der Waals surface area contributed by atoms with Crippen molar-refractivity contribution in [1.82, 2.24) is 19.5 Å². The lowest BCUT2D eigenvalue weighted by Crippen LogP contribution is -2.56. The van der Waals surface area contributed by atoms with Gasteiger partial charge in [-0.05, 0) is 31.0 Å². The van der Waals surface area contributed by atoms with Gasteiger partial charge in [0.25, 0.3) is 5.91 Å². The average molecular weight is 601 g/mol. The molecule has 3 aliphatic rings. The number of anilines is 3. The van der Waals surface area contributed by atoms with Crippen LogP contribution in [0.4, 0.5) is 17.3 Å². The largest absolute Gasteiger partial charge is 0.378 e. The van der Waals surface area contributed by atoms with Crippen molar-refractivity contribution in [1.29, 1.82) is 0 Å². The molecule has 1 atom stereocenters.